The molecule has 0 aliphatic heterocycles. The van der Waals surface area contributed by atoms with Gasteiger partial charge in [-0.1, -0.05) is 12.1 Å². The number of carbonyl (C=O) groups excluding carboxylic acids is 2. The van der Waals surface area contributed by atoms with E-state index in [0.29, 0.717) is 22.1 Å². The van der Waals surface area contributed by atoms with Crippen LogP contribution in [0.15, 0.2) is 35.8 Å². The molecule has 3 rings (SSSR count). The van der Waals surface area contributed by atoms with Crippen LogP contribution in [-0.4, -0.2) is 26.5 Å². The quantitative estimate of drug-likeness (QED) is 0.737. The van der Waals surface area contributed by atoms with Gasteiger partial charge in [-0.15, -0.1) is 11.3 Å². The maximum Gasteiger partial charge on any atom is 0.260 e. The number of hydrogen-bond acceptors (Lipinski definition) is 5. The van der Waals surface area contributed by atoms with Gasteiger partial charge in [0.15, 0.2) is 10.9 Å². The van der Waals surface area contributed by atoms with Crippen molar-refractivity contribution in [1.82, 2.24) is 14.8 Å². The Morgan fingerprint density at radius 1 is 1.29 bits per heavy atom. The van der Waals surface area contributed by atoms with E-state index in [4.69, 9.17) is 0 Å². The summed E-state index contributed by atoms with van der Waals surface area (Å²) in [6, 6.07) is 6.19. The smallest absolute Gasteiger partial charge is 0.260 e. The normalized spacial score (nSPS) is 10.6. The molecule has 6 nitrogen and oxygen atoms in total. The lowest BCUT2D eigenvalue weighted by atomic mass is 10.2. The van der Waals surface area contributed by atoms with Crippen LogP contribution in [0.5, 0.6) is 0 Å². The molecule has 1 aromatic carbocycles. The molecule has 0 atom stereocenters. The molecular formula is C16H13FN4O2S. The molecule has 0 aliphatic carbocycles. The Morgan fingerprint density at radius 2 is 2.04 bits per heavy atom. The zero-order valence-corrected chi connectivity index (χ0v) is 13.7. The lowest BCUT2D eigenvalue weighted by molar-refractivity contribution is 0.100. The van der Waals surface area contributed by atoms with E-state index in [0.717, 1.165) is 11.3 Å². The van der Waals surface area contributed by atoms with Crippen molar-refractivity contribution in [2.75, 3.05) is 5.32 Å². The number of nitrogens with one attached hydrogen (secondary N) is 1. The first-order chi connectivity index (χ1) is 11.5. The van der Waals surface area contributed by atoms with Crippen LogP contribution in [0.25, 0.3) is 5.69 Å². The minimum atomic E-state index is -0.429. The summed E-state index contributed by atoms with van der Waals surface area (Å²) >= 11 is 1.16. The summed E-state index contributed by atoms with van der Waals surface area (Å²) in [5.41, 5.74) is 1.37. The third-order valence-corrected chi connectivity index (χ3v) is 4.18. The standard InChI is InChI=1S/C16H13FN4O2S/c1-9-11(7-18-21(9)14-6-4-3-5-12(14)17)15(23)20-16-19-13(8-24-16)10(2)22/h3-8H,1-2H3,(H,19,20,23). The first-order valence-electron chi connectivity index (χ1n) is 7.04. The van der Waals surface area contributed by atoms with E-state index in [1.807, 2.05) is 0 Å². The summed E-state index contributed by atoms with van der Waals surface area (Å²) in [7, 11) is 0. The van der Waals surface area contributed by atoms with Crippen molar-refractivity contribution in [3.8, 4) is 5.69 Å². The number of anilines is 1. The van der Waals surface area contributed by atoms with Gasteiger partial charge in [0.2, 0.25) is 0 Å². The highest BCUT2D eigenvalue weighted by molar-refractivity contribution is 7.14. The average Bonchev–Trinajstić information content (AvgIpc) is 3.15. The van der Waals surface area contributed by atoms with Crippen molar-refractivity contribution in [1.29, 1.82) is 0 Å². The van der Waals surface area contributed by atoms with E-state index in [1.54, 1.807) is 30.5 Å². The second-order valence-electron chi connectivity index (χ2n) is 5.06. The van der Waals surface area contributed by atoms with E-state index in [9.17, 15) is 14.0 Å². The number of Topliss-reactive ketones (excluding diaryl/α,β-unsaturated/α-hetero) is 1. The molecule has 0 unspecified atom stereocenters. The van der Waals surface area contributed by atoms with E-state index in [1.165, 1.54) is 23.9 Å². The molecule has 0 fully saturated rings. The summed E-state index contributed by atoms with van der Waals surface area (Å²) in [6.07, 6.45) is 1.37. The van der Waals surface area contributed by atoms with Crippen LogP contribution < -0.4 is 5.32 Å². The highest BCUT2D eigenvalue weighted by Gasteiger charge is 2.18. The van der Waals surface area contributed by atoms with Crippen LogP contribution in [0, 0.1) is 12.7 Å². The number of benzene rings is 1. The molecule has 1 amide bonds. The molecule has 3 aromatic rings. The largest absolute Gasteiger partial charge is 0.298 e. The topological polar surface area (TPSA) is 76.9 Å². The number of aromatic nitrogens is 3. The molecular weight excluding hydrogens is 331 g/mol. The lowest BCUT2D eigenvalue weighted by Gasteiger charge is -2.06. The number of amides is 1. The second-order valence-corrected chi connectivity index (χ2v) is 5.91. The Bertz CT molecular complexity index is 932. The van der Waals surface area contributed by atoms with Crippen LogP contribution in [0.1, 0.15) is 33.5 Å². The molecule has 24 heavy (non-hydrogen) atoms. The fraction of sp³-hybridized carbons (Fsp3) is 0.125. The Balaban J connectivity index is 1.86. The number of carbonyl (C=O) groups is 2. The highest BCUT2D eigenvalue weighted by atomic mass is 32.1. The molecule has 0 saturated heterocycles. The second kappa shape index (κ2) is 6.32. The average molecular weight is 344 g/mol. The number of nitrogens with zero attached hydrogens (tertiary/aromatic N) is 3. The summed E-state index contributed by atoms with van der Waals surface area (Å²) in [5.74, 6) is -1.02. The van der Waals surface area contributed by atoms with Gasteiger partial charge in [0, 0.05) is 12.3 Å². The van der Waals surface area contributed by atoms with Crippen LogP contribution in [0.3, 0.4) is 0 Å². The van der Waals surface area contributed by atoms with Crippen molar-refractivity contribution in [2.45, 2.75) is 13.8 Å². The predicted octanol–water partition coefficient (Wildman–Crippen LogP) is 3.23. The van der Waals surface area contributed by atoms with Gasteiger partial charge in [-0.2, -0.15) is 5.10 Å². The molecule has 0 radical (unpaired) electrons. The minimum absolute atomic E-state index is 0.171. The van der Waals surface area contributed by atoms with Crippen LogP contribution >= 0.6 is 11.3 Å². The van der Waals surface area contributed by atoms with Crippen molar-refractivity contribution < 1.29 is 14.0 Å². The number of para-hydroxylation sites is 1. The molecule has 2 aromatic heterocycles. The van der Waals surface area contributed by atoms with Gasteiger partial charge in [-0.05, 0) is 19.1 Å². The number of ketones is 1. The fourth-order valence-corrected chi connectivity index (χ4v) is 2.90. The zero-order valence-electron chi connectivity index (χ0n) is 12.9. The van der Waals surface area contributed by atoms with Crippen molar-refractivity contribution >= 4 is 28.2 Å². The lowest BCUT2D eigenvalue weighted by Crippen LogP contribution is -2.13. The van der Waals surface area contributed by atoms with Crippen molar-refractivity contribution in [3.05, 3.63) is 58.6 Å². The molecule has 0 aliphatic rings. The molecule has 1 N–H and O–H groups in total. The third kappa shape index (κ3) is 2.95. The van der Waals surface area contributed by atoms with Crippen LogP contribution in [-0.2, 0) is 0 Å². The summed E-state index contributed by atoms with van der Waals surface area (Å²) in [5, 5.41) is 8.61. The third-order valence-electron chi connectivity index (χ3n) is 3.42. The molecule has 0 saturated carbocycles. The number of hydrogen-bond donors (Lipinski definition) is 1. The van der Waals surface area contributed by atoms with E-state index in [2.05, 4.69) is 15.4 Å². The fourth-order valence-electron chi connectivity index (χ4n) is 2.16. The van der Waals surface area contributed by atoms with Crippen LogP contribution in [0.4, 0.5) is 9.52 Å². The maximum absolute atomic E-state index is 13.9. The van der Waals surface area contributed by atoms with E-state index in [-0.39, 0.29) is 11.5 Å². The van der Waals surface area contributed by atoms with Gasteiger partial charge in [-0.3, -0.25) is 14.9 Å². The molecule has 0 spiro atoms. The number of halogens is 1. The summed E-state index contributed by atoms with van der Waals surface area (Å²) < 4.78 is 15.3. The Morgan fingerprint density at radius 3 is 2.71 bits per heavy atom. The number of rotatable bonds is 4. The summed E-state index contributed by atoms with van der Waals surface area (Å²) in [6.45, 7) is 3.08. The van der Waals surface area contributed by atoms with E-state index >= 15 is 0 Å². The highest BCUT2D eigenvalue weighted by Crippen LogP contribution is 2.20. The summed E-state index contributed by atoms with van der Waals surface area (Å²) in [4.78, 5) is 27.6. The van der Waals surface area contributed by atoms with Gasteiger partial charge in [-0.25, -0.2) is 14.1 Å². The van der Waals surface area contributed by atoms with Gasteiger partial charge < -0.3 is 0 Å². The van der Waals surface area contributed by atoms with Crippen molar-refractivity contribution in [3.63, 3.8) is 0 Å². The number of thiazole rings is 1. The van der Waals surface area contributed by atoms with Crippen molar-refractivity contribution in [2.24, 2.45) is 0 Å². The minimum Gasteiger partial charge on any atom is -0.298 e. The zero-order chi connectivity index (χ0) is 17.3. The maximum atomic E-state index is 13.9. The van der Waals surface area contributed by atoms with Gasteiger partial charge in [0.05, 0.1) is 17.5 Å². The first-order valence-corrected chi connectivity index (χ1v) is 7.92. The Hall–Kier alpha value is -2.87. The predicted molar refractivity (Wildman–Crippen MR) is 88.3 cm³/mol. The Labute approximate surface area is 141 Å². The van der Waals surface area contributed by atoms with Gasteiger partial charge >= 0.3 is 0 Å². The van der Waals surface area contributed by atoms with E-state index < -0.39 is 11.7 Å². The van der Waals surface area contributed by atoms with Crippen LogP contribution in [0.2, 0.25) is 0 Å². The van der Waals surface area contributed by atoms with Gasteiger partial charge in [0.1, 0.15) is 17.2 Å². The molecule has 2 heterocycles. The molecule has 0 bridgehead atoms. The molecule has 8 heteroatoms. The SMILES string of the molecule is CC(=O)c1csc(NC(=O)c2cnn(-c3ccccc3F)c2C)n1. The molecule has 122 valence electrons. The van der Waals surface area contributed by atoms with Gasteiger partial charge in [0.25, 0.3) is 5.91 Å². The Kier molecular flexibility index (Phi) is 4.22. The monoisotopic (exact) mass is 344 g/mol. The first kappa shape index (κ1) is 16.0.